The molecule has 0 fully saturated rings. The molecule has 0 bridgehead atoms. The van der Waals surface area contributed by atoms with Gasteiger partial charge in [0.15, 0.2) is 5.82 Å². The van der Waals surface area contributed by atoms with E-state index in [1.54, 1.807) is 0 Å². The zero-order valence-corrected chi connectivity index (χ0v) is 28.6. The minimum absolute atomic E-state index is 0.678. The summed E-state index contributed by atoms with van der Waals surface area (Å²) in [6.07, 6.45) is 0. The average molecular weight is 678 g/mol. The van der Waals surface area contributed by atoms with Gasteiger partial charge in [-0.3, -0.25) is 0 Å². The van der Waals surface area contributed by atoms with Crippen molar-refractivity contribution in [2.45, 2.75) is 0 Å². The zero-order chi connectivity index (χ0) is 35.1. The molecule has 0 saturated carbocycles. The summed E-state index contributed by atoms with van der Waals surface area (Å²) in [5, 5.41) is 1.08. The van der Waals surface area contributed by atoms with E-state index in [0.29, 0.717) is 5.82 Å². The maximum absolute atomic E-state index is 5.35. The van der Waals surface area contributed by atoms with Crippen molar-refractivity contribution >= 4 is 33.0 Å². The summed E-state index contributed by atoms with van der Waals surface area (Å²) >= 11 is 0. The lowest BCUT2D eigenvalue weighted by molar-refractivity contribution is 1.15. The van der Waals surface area contributed by atoms with E-state index >= 15 is 0 Å². The van der Waals surface area contributed by atoms with Gasteiger partial charge in [-0.1, -0.05) is 146 Å². The molecule has 0 atom stereocenters. The number of benzene rings is 7. The lowest BCUT2D eigenvalue weighted by Crippen LogP contribution is -1.99. The molecule has 0 amide bonds. The fourth-order valence-corrected chi connectivity index (χ4v) is 7.30. The summed E-state index contributed by atoms with van der Waals surface area (Å²) in [5.41, 5.74) is 14.6. The minimum Gasteiger partial charge on any atom is -0.306 e. The Morgan fingerprint density at radius 2 is 0.830 bits per heavy atom. The fraction of sp³-hybridized carbons (Fsp3) is 0. The van der Waals surface area contributed by atoms with Gasteiger partial charge in [-0.15, -0.1) is 0 Å². The molecule has 0 unspecified atom stereocenters. The molecular weight excluding hydrogens is 647 g/mol. The van der Waals surface area contributed by atoms with Crippen LogP contribution in [-0.2, 0) is 0 Å². The molecule has 0 saturated heterocycles. The van der Waals surface area contributed by atoms with Crippen LogP contribution < -0.4 is 0 Å². The number of aromatic nitrogens is 5. The molecule has 0 aliphatic rings. The smallest absolute Gasteiger partial charge is 0.160 e. The summed E-state index contributed by atoms with van der Waals surface area (Å²) in [6, 6.07) is 64.8. The first-order valence-electron chi connectivity index (χ1n) is 17.7. The van der Waals surface area contributed by atoms with E-state index in [9.17, 15) is 0 Å². The monoisotopic (exact) mass is 677 g/mol. The predicted molar refractivity (Wildman–Crippen MR) is 217 cm³/mol. The summed E-state index contributed by atoms with van der Waals surface area (Å²) in [7, 11) is 0. The molecule has 0 spiro atoms. The van der Waals surface area contributed by atoms with Crippen LogP contribution in [0.5, 0.6) is 0 Å². The summed E-state index contributed by atoms with van der Waals surface area (Å²) in [5.74, 6) is 0.678. The van der Waals surface area contributed by atoms with Crippen LogP contribution in [0.25, 0.3) is 94.9 Å². The maximum atomic E-state index is 5.35. The second-order valence-electron chi connectivity index (χ2n) is 13.1. The highest BCUT2D eigenvalue weighted by molar-refractivity contribution is 6.11. The standard InChI is InChI=1S/C48H31N5/c1-4-16-32(17-5-1)43-44(50-41-28-12-11-27-40(41)49-43)36-22-14-20-34(30-36)35-21-15-23-37(31-35)48-51-45(33-18-6-2-7-19-33)47-46(52-48)39-26-10-13-29-42(39)53(47)38-24-8-3-9-25-38/h1-31H. The van der Waals surface area contributed by atoms with Gasteiger partial charge >= 0.3 is 0 Å². The van der Waals surface area contributed by atoms with E-state index in [2.05, 4.69) is 138 Å². The molecule has 10 aromatic rings. The van der Waals surface area contributed by atoms with E-state index in [0.717, 1.165) is 89.1 Å². The molecule has 0 radical (unpaired) electrons. The van der Waals surface area contributed by atoms with Crippen molar-refractivity contribution in [2.24, 2.45) is 0 Å². The van der Waals surface area contributed by atoms with Crippen molar-refractivity contribution in [3.8, 4) is 62.0 Å². The van der Waals surface area contributed by atoms with Gasteiger partial charge in [0.1, 0.15) is 5.52 Å². The van der Waals surface area contributed by atoms with Gasteiger partial charge in [0.25, 0.3) is 0 Å². The minimum atomic E-state index is 0.678. The van der Waals surface area contributed by atoms with Crippen molar-refractivity contribution in [1.82, 2.24) is 24.5 Å². The van der Waals surface area contributed by atoms with Crippen LogP contribution in [0.15, 0.2) is 188 Å². The molecular formula is C48H31N5. The highest BCUT2D eigenvalue weighted by Gasteiger charge is 2.21. The molecule has 0 aliphatic heterocycles. The Kier molecular flexibility index (Phi) is 7.40. The van der Waals surface area contributed by atoms with E-state index in [1.165, 1.54) is 0 Å². The second-order valence-corrected chi connectivity index (χ2v) is 13.1. The highest BCUT2D eigenvalue weighted by atomic mass is 15.0. The average Bonchev–Trinajstić information content (AvgIpc) is 3.58. The van der Waals surface area contributed by atoms with Crippen molar-refractivity contribution < 1.29 is 0 Å². The van der Waals surface area contributed by atoms with E-state index in [-0.39, 0.29) is 0 Å². The molecule has 5 nitrogen and oxygen atoms in total. The first-order valence-corrected chi connectivity index (χ1v) is 17.7. The van der Waals surface area contributed by atoms with Crippen LogP contribution in [-0.4, -0.2) is 24.5 Å². The first-order chi connectivity index (χ1) is 26.3. The van der Waals surface area contributed by atoms with Crippen molar-refractivity contribution in [1.29, 1.82) is 0 Å². The Bertz CT molecular complexity index is 2940. The van der Waals surface area contributed by atoms with Gasteiger partial charge in [0.05, 0.1) is 39.1 Å². The molecule has 10 rings (SSSR count). The number of hydrogen-bond acceptors (Lipinski definition) is 4. The predicted octanol–water partition coefficient (Wildman–Crippen LogP) is 11.9. The lowest BCUT2D eigenvalue weighted by atomic mass is 9.97. The van der Waals surface area contributed by atoms with Gasteiger partial charge in [0.2, 0.25) is 0 Å². The van der Waals surface area contributed by atoms with Crippen molar-refractivity contribution in [3.63, 3.8) is 0 Å². The van der Waals surface area contributed by atoms with Gasteiger partial charge in [-0.2, -0.15) is 0 Å². The van der Waals surface area contributed by atoms with Crippen LogP contribution in [0.1, 0.15) is 0 Å². The Morgan fingerprint density at radius 3 is 1.51 bits per heavy atom. The van der Waals surface area contributed by atoms with E-state index in [1.807, 2.05) is 54.6 Å². The molecule has 7 aromatic carbocycles. The largest absolute Gasteiger partial charge is 0.306 e. The molecule has 248 valence electrons. The highest BCUT2D eigenvalue weighted by Crippen LogP contribution is 2.39. The molecule has 3 heterocycles. The molecule has 3 aromatic heterocycles. The van der Waals surface area contributed by atoms with Gasteiger partial charge in [-0.05, 0) is 53.6 Å². The fourth-order valence-electron chi connectivity index (χ4n) is 7.30. The SMILES string of the molecule is c1ccc(-c2nc3ccccc3nc2-c2cccc(-c3cccc(-c4nc(-c5ccccc5)c5c(n4)c4ccccc4n5-c4ccccc4)c3)c2)cc1. The number of para-hydroxylation sites is 4. The summed E-state index contributed by atoms with van der Waals surface area (Å²) in [4.78, 5) is 20.9. The Labute approximate surface area is 306 Å². The molecule has 53 heavy (non-hydrogen) atoms. The van der Waals surface area contributed by atoms with Crippen LogP contribution >= 0.6 is 0 Å². The van der Waals surface area contributed by atoms with Crippen molar-refractivity contribution in [2.75, 3.05) is 0 Å². The summed E-state index contributed by atoms with van der Waals surface area (Å²) < 4.78 is 2.29. The molecule has 5 heteroatoms. The number of nitrogens with zero attached hydrogens (tertiary/aromatic N) is 5. The van der Waals surface area contributed by atoms with Crippen molar-refractivity contribution in [3.05, 3.63) is 188 Å². The quantitative estimate of drug-likeness (QED) is 0.176. The van der Waals surface area contributed by atoms with Crippen LogP contribution in [0, 0.1) is 0 Å². The Morgan fingerprint density at radius 1 is 0.340 bits per heavy atom. The maximum Gasteiger partial charge on any atom is 0.160 e. The number of rotatable bonds is 6. The third-order valence-corrected chi connectivity index (χ3v) is 9.78. The normalized spacial score (nSPS) is 11.4. The second kappa shape index (κ2) is 12.8. The van der Waals surface area contributed by atoms with Gasteiger partial charge in [0, 0.05) is 33.3 Å². The summed E-state index contributed by atoms with van der Waals surface area (Å²) in [6.45, 7) is 0. The molecule has 0 aliphatic carbocycles. The van der Waals surface area contributed by atoms with Gasteiger partial charge in [-0.25, -0.2) is 19.9 Å². The number of fused-ring (bicyclic) bond motifs is 4. The van der Waals surface area contributed by atoms with Crippen LogP contribution in [0.3, 0.4) is 0 Å². The zero-order valence-electron chi connectivity index (χ0n) is 28.6. The van der Waals surface area contributed by atoms with E-state index in [4.69, 9.17) is 19.9 Å². The van der Waals surface area contributed by atoms with Crippen LogP contribution in [0.4, 0.5) is 0 Å². The Balaban J connectivity index is 1.14. The third-order valence-electron chi connectivity index (χ3n) is 9.78. The first kappa shape index (κ1) is 30.6. The number of hydrogen-bond donors (Lipinski definition) is 0. The van der Waals surface area contributed by atoms with Crippen LogP contribution in [0.2, 0.25) is 0 Å². The molecule has 0 N–H and O–H groups in total. The third kappa shape index (κ3) is 5.43. The topological polar surface area (TPSA) is 56.5 Å². The van der Waals surface area contributed by atoms with Gasteiger partial charge < -0.3 is 4.57 Å². The van der Waals surface area contributed by atoms with E-state index < -0.39 is 0 Å². The lowest BCUT2D eigenvalue weighted by Gasteiger charge is -2.13. The Hall–Kier alpha value is -7.24.